The number of benzene rings is 4. The third-order valence-electron chi connectivity index (χ3n) is 5.71. The van der Waals surface area contributed by atoms with E-state index in [0.717, 1.165) is 26.6 Å². The number of nitrogens with one attached hydrogen (secondary N) is 2. The van der Waals surface area contributed by atoms with E-state index in [0.29, 0.717) is 23.5 Å². The molecule has 8 heteroatoms. The number of fused-ring (bicyclic) bond motifs is 1. The smallest absolute Gasteiger partial charge is 0.306 e. The quantitative estimate of drug-likeness (QED) is 0.199. The Hall–Kier alpha value is -4.17. The van der Waals surface area contributed by atoms with Gasteiger partial charge in [0.15, 0.2) is 6.61 Å². The summed E-state index contributed by atoms with van der Waals surface area (Å²) < 4.78 is 12.0. The number of rotatable bonds is 10. The number of hydrogen-bond donors (Lipinski definition) is 2. The number of halogens is 1. The molecule has 4 rings (SSSR count). The second-order valence-electron chi connectivity index (χ2n) is 8.68. The summed E-state index contributed by atoms with van der Waals surface area (Å²) in [6.07, 6.45) is 0.490. The van der Waals surface area contributed by atoms with Crippen molar-refractivity contribution in [3.8, 4) is 11.5 Å². The van der Waals surface area contributed by atoms with Gasteiger partial charge in [-0.3, -0.25) is 14.4 Å². The van der Waals surface area contributed by atoms with Crippen LogP contribution >= 0.6 is 15.9 Å². The highest BCUT2D eigenvalue weighted by Crippen LogP contribution is 2.30. The fourth-order valence-electron chi connectivity index (χ4n) is 3.77. The number of carbonyl (C=O) groups is 3. The number of aryl methyl sites for hydroxylation is 1. The van der Waals surface area contributed by atoms with Crippen LogP contribution in [0, 0.1) is 6.92 Å². The first-order valence-corrected chi connectivity index (χ1v) is 12.9. The SMILES string of the molecule is Cc1cc(NC(=O)COC(=O)CCCC(=O)Nc2ccc(Oc3cccc4ccccc34)cc2)ccc1Br. The number of esters is 1. The van der Waals surface area contributed by atoms with Crippen LogP contribution in [0.15, 0.2) is 89.4 Å². The van der Waals surface area contributed by atoms with Crippen molar-refractivity contribution < 1.29 is 23.9 Å². The number of anilines is 2. The number of ether oxygens (including phenoxy) is 2. The number of carbonyl (C=O) groups excluding carboxylic acids is 3. The molecule has 0 aliphatic heterocycles. The van der Waals surface area contributed by atoms with Crippen molar-refractivity contribution in [2.24, 2.45) is 0 Å². The van der Waals surface area contributed by atoms with Crippen molar-refractivity contribution in [3.05, 3.63) is 95.0 Å². The molecule has 0 saturated carbocycles. The maximum atomic E-state index is 12.3. The van der Waals surface area contributed by atoms with Gasteiger partial charge in [0.2, 0.25) is 5.91 Å². The molecule has 0 heterocycles. The topological polar surface area (TPSA) is 93.7 Å². The maximum absolute atomic E-state index is 12.3. The predicted molar refractivity (Wildman–Crippen MR) is 151 cm³/mol. The van der Waals surface area contributed by atoms with Crippen molar-refractivity contribution in [2.75, 3.05) is 17.2 Å². The Balaban J connectivity index is 1.16. The molecule has 4 aromatic rings. The van der Waals surface area contributed by atoms with Crippen molar-refractivity contribution >= 4 is 55.9 Å². The van der Waals surface area contributed by atoms with Crippen LogP contribution in [0.4, 0.5) is 11.4 Å². The Morgan fingerprint density at radius 2 is 1.50 bits per heavy atom. The zero-order chi connectivity index (χ0) is 26.9. The molecule has 38 heavy (non-hydrogen) atoms. The first-order chi connectivity index (χ1) is 18.4. The van der Waals surface area contributed by atoms with Crippen LogP contribution in [0.2, 0.25) is 0 Å². The molecule has 0 fully saturated rings. The second-order valence-corrected chi connectivity index (χ2v) is 9.53. The number of hydrogen-bond acceptors (Lipinski definition) is 5. The highest BCUT2D eigenvalue weighted by molar-refractivity contribution is 9.10. The van der Waals surface area contributed by atoms with Gasteiger partial charge in [0.05, 0.1) is 0 Å². The van der Waals surface area contributed by atoms with Crippen LogP contribution in [0.5, 0.6) is 11.5 Å². The summed E-state index contributed by atoms with van der Waals surface area (Å²) in [5, 5.41) is 7.60. The monoisotopic (exact) mass is 574 g/mol. The lowest BCUT2D eigenvalue weighted by atomic mass is 10.1. The molecule has 0 radical (unpaired) electrons. The summed E-state index contributed by atoms with van der Waals surface area (Å²) in [5.74, 6) is 0.235. The standard InChI is InChI=1S/C30H27BrN2O5/c1-20-18-23(14-17-26(20)31)33-29(35)19-37-30(36)11-5-10-28(34)32-22-12-15-24(16-13-22)38-27-9-4-7-21-6-2-3-8-25(21)27/h2-4,6-9,12-18H,5,10-11,19H2,1H3,(H,32,34)(H,33,35). The maximum Gasteiger partial charge on any atom is 0.306 e. The summed E-state index contributed by atoms with van der Waals surface area (Å²) in [4.78, 5) is 36.2. The van der Waals surface area contributed by atoms with Crippen LogP contribution in [0.1, 0.15) is 24.8 Å². The Bertz CT molecular complexity index is 1450. The lowest BCUT2D eigenvalue weighted by molar-refractivity contribution is -0.147. The van der Waals surface area contributed by atoms with Crippen LogP contribution in [0.25, 0.3) is 10.8 Å². The average Bonchev–Trinajstić information content (AvgIpc) is 2.91. The highest BCUT2D eigenvalue weighted by atomic mass is 79.9. The van der Waals surface area contributed by atoms with Crippen LogP contribution < -0.4 is 15.4 Å². The molecule has 0 saturated heterocycles. The summed E-state index contributed by atoms with van der Waals surface area (Å²) >= 11 is 3.40. The van der Waals surface area contributed by atoms with Crippen molar-refractivity contribution in [2.45, 2.75) is 26.2 Å². The van der Waals surface area contributed by atoms with Gasteiger partial charge in [-0.1, -0.05) is 52.3 Å². The molecule has 0 aliphatic carbocycles. The van der Waals surface area contributed by atoms with Crippen LogP contribution in [-0.2, 0) is 19.1 Å². The first-order valence-electron chi connectivity index (χ1n) is 12.1. The molecule has 0 bridgehead atoms. The molecular formula is C30H27BrN2O5. The van der Waals surface area contributed by atoms with E-state index in [1.54, 1.807) is 30.3 Å². The highest BCUT2D eigenvalue weighted by Gasteiger charge is 2.11. The largest absolute Gasteiger partial charge is 0.457 e. The van der Waals surface area contributed by atoms with Crippen molar-refractivity contribution in [3.63, 3.8) is 0 Å². The Kier molecular flexibility index (Phi) is 9.11. The molecule has 0 aromatic heterocycles. The van der Waals surface area contributed by atoms with Gasteiger partial charge in [-0.15, -0.1) is 0 Å². The van der Waals surface area contributed by atoms with E-state index in [-0.39, 0.29) is 25.4 Å². The molecule has 0 unspecified atom stereocenters. The van der Waals surface area contributed by atoms with Gasteiger partial charge in [0, 0.05) is 34.1 Å². The van der Waals surface area contributed by atoms with Gasteiger partial charge in [-0.25, -0.2) is 0 Å². The first kappa shape index (κ1) is 26.9. The van der Waals surface area contributed by atoms with Crippen LogP contribution in [-0.4, -0.2) is 24.4 Å². The molecule has 194 valence electrons. The Morgan fingerprint density at radius 1 is 0.789 bits per heavy atom. The fourth-order valence-corrected chi connectivity index (χ4v) is 4.02. The molecule has 0 atom stereocenters. The second kappa shape index (κ2) is 12.9. The average molecular weight is 575 g/mol. The lowest BCUT2D eigenvalue weighted by Gasteiger charge is -2.10. The summed E-state index contributed by atoms with van der Waals surface area (Å²) in [7, 11) is 0. The van der Waals surface area contributed by atoms with E-state index in [9.17, 15) is 14.4 Å². The van der Waals surface area contributed by atoms with Crippen molar-refractivity contribution in [1.29, 1.82) is 0 Å². The summed E-state index contributed by atoms with van der Waals surface area (Å²) in [6, 6.07) is 26.4. The normalized spacial score (nSPS) is 10.6. The molecule has 0 aliphatic rings. The minimum absolute atomic E-state index is 0.0376. The van der Waals surface area contributed by atoms with Gasteiger partial charge >= 0.3 is 5.97 Å². The molecular weight excluding hydrogens is 548 g/mol. The van der Waals surface area contributed by atoms with E-state index >= 15 is 0 Å². The van der Waals surface area contributed by atoms with E-state index in [1.807, 2.05) is 61.5 Å². The predicted octanol–water partition coefficient (Wildman–Crippen LogP) is 6.99. The van der Waals surface area contributed by atoms with Gasteiger partial charge in [-0.05, 0) is 72.8 Å². The van der Waals surface area contributed by atoms with E-state index in [4.69, 9.17) is 9.47 Å². The molecule has 4 aromatic carbocycles. The minimum atomic E-state index is -0.533. The molecule has 2 amide bonds. The van der Waals surface area contributed by atoms with Gasteiger partial charge in [0.1, 0.15) is 11.5 Å². The van der Waals surface area contributed by atoms with Gasteiger partial charge in [0.25, 0.3) is 5.91 Å². The Labute approximate surface area is 229 Å². The molecule has 0 spiro atoms. The molecule has 7 nitrogen and oxygen atoms in total. The van der Waals surface area contributed by atoms with Gasteiger partial charge < -0.3 is 20.1 Å². The third-order valence-corrected chi connectivity index (χ3v) is 6.60. The summed E-state index contributed by atoms with van der Waals surface area (Å²) in [6.45, 7) is 1.53. The zero-order valence-corrected chi connectivity index (χ0v) is 22.4. The fraction of sp³-hybridized carbons (Fsp3) is 0.167. The Morgan fingerprint density at radius 3 is 2.29 bits per heavy atom. The summed E-state index contributed by atoms with van der Waals surface area (Å²) in [5.41, 5.74) is 2.22. The minimum Gasteiger partial charge on any atom is -0.457 e. The van der Waals surface area contributed by atoms with E-state index in [1.165, 1.54) is 0 Å². The number of amides is 2. The zero-order valence-electron chi connectivity index (χ0n) is 20.8. The van der Waals surface area contributed by atoms with E-state index < -0.39 is 11.9 Å². The van der Waals surface area contributed by atoms with E-state index in [2.05, 4.69) is 26.6 Å². The molecule has 2 N–H and O–H groups in total. The lowest BCUT2D eigenvalue weighted by Crippen LogP contribution is -2.21. The third kappa shape index (κ3) is 7.66. The van der Waals surface area contributed by atoms with Gasteiger partial charge in [-0.2, -0.15) is 0 Å². The van der Waals surface area contributed by atoms with Crippen molar-refractivity contribution in [1.82, 2.24) is 0 Å². The van der Waals surface area contributed by atoms with Crippen LogP contribution in [0.3, 0.4) is 0 Å².